The maximum Gasteiger partial charge on any atom is 0.0776 e. The summed E-state index contributed by atoms with van der Waals surface area (Å²) in [7, 11) is -3.13. The molecule has 0 aliphatic carbocycles. The molecule has 7 aromatic carbocycles. The lowest BCUT2D eigenvalue weighted by molar-refractivity contribution is 1.61. The van der Waals surface area contributed by atoms with Crippen molar-refractivity contribution in [3.8, 4) is 33.4 Å². The van der Waals surface area contributed by atoms with Crippen LogP contribution in [0.2, 0.25) is 39.3 Å². The first kappa shape index (κ1) is 28.5. The summed E-state index contributed by atoms with van der Waals surface area (Å²) in [5.41, 5.74) is 7.80. The predicted octanol–water partition coefficient (Wildman–Crippen LogP) is 11.2. The van der Waals surface area contributed by atoms with Gasteiger partial charge in [-0.3, -0.25) is 0 Å². The molecule has 0 heterocycles. The minimum atomic E-state index is -1.57. The normalized spacial score (nSPS) is 12.3. The fraction of sp³-hybridized carbons (Fsp3) is 0.143. The molecule has 7 aromatic rings. The van der Waals surface area contributed by atoms with Gasteiger partial charge >= 0.3 is 0 Å². The Morgan fingerprint density at radius 3 is 1.48 bits per heavy atom. The molecule has 2 heteroatoms. The quantitative estimate of drug-likeness (QED) is 0.136. The summed E-state index contributed by atoms with van der Waals surface area (Å²) >= 11 is 0. The molecule has 0 nitrogen and oxygen atoms in total. The molecule has 0 saturated carbocycles. The van der Waals surface area contributed by atoms with E-state index in [2.05, 4.69) is 173 Å². The molecule has 0 spiro atoms. The Hall–Kier alpha value is -4.25. The van der Waals surface area contributed by atoms with Gasteiger partial charge in [0.25, 0.3) is 0 Å². The van der Waals surface area contributed by atoms with Crippen molar-refractivity contribution in [2.45, 2.75) is 39.3 Å². The van der Waals surface area contributed by atoms with Crippen LogP contribution >= 0.6 is 0 Å². The van der Waals surface area contributed by atoms with Crippen LogP contribution in [0, 0.1) is 0 Å². The summed E-state index contributed by atoms with van der Waals surface area (Å²) in [6.45, 7) is 14.7. The topological polar surface area (TPSA) is 0 Å². The zero-order valence-corrected chi connectivity index (χ0v) is 28.7. The molecule has 44 heavy (non-hydrogen) atoms. The van der Waals surface area contributed by atoms with Crippen LogP contribution in [-0.4, -0.2) is 16.1 Å². The monoisotopic (exact) mass is 600 g/mol. The third kappa shape index (κ3) is 5.02. The van der Waals surface area contributed by atoms with Gasteiger partial charge in [0.15, 0.2) is 0 Å². The molecule has 0 N–H and O–H groups in total. The van der Waals surface area contributed by atoms with Gasteiger partial charge in [-0.1, -0.05) is 183 Å². The Balaban J connectivity index is 1.63. The van der Waals surface area contributed by atoms with Crippen LogP contribution in [0.3, 0.4) is 0 Å². The fourth-order valence-electron chi connectivity index (χ4n) is 6.67. The highest BCUT2D eigenvalue weighted by Gasteiger charge is 2.24. The maximum atomic E-state index is 2.53. The third-order valence-corrected chi connectivity index (χ3v) is 13.3. The summed E-state index contributed by atoms with van der Waals surface area (Å²) in [6, 6.07) is 50.4. The van der Waals surface area contributed by atoms with E-state index in [1.54, 1.807) is 0 Å². The molecule has 0 atom stereocenters. The van der Waals surface area contributed by atoms with Gasteiger partial charge in [0.05, 0.1) is 16.1 Å². The minimum absolute atomic E-state index is 1.25. The maximum absolute atomic E-state index is 2.53. The molecule has 0 saturated heterocycles. The predicted molar refractivity (Wildman–Crippen MR) is 201 cm³/mol. The van der Waals surface area contributed by atoms with Crippen molar-refractivity contribution < 1.29 is 0 Å². The van der Waals surface area contributed by atoms with Crippen molar-refractivity contribution >= 4 is 58.8 Å². The van der Waals surface area contributed by atoms with Crippen molar-refractivity contribution in [3.63, 3.8) is 0 Å². The van der Waals surface area contributed by atoms with Gasteiger partial charge in [0.1, 0.15) is 0 Å². The molecule has 0 unspecified atom stereocenters. The van der Waals surface area contributed by atoms with E-state index in [4.69, 9.17) is 0 Å². The lowest BCUT2D eigenvalue weighted by atomic mass is 9.84. The lowest BCUT2D eigenvalue weighted by Gasteiger charge is -2.24. The minimum Gasteiger partial charge on any atom is -0.0656 e. The average Bonchev–Trinajstić information content (AvgIpc) is 3.02. The van der Waals surface area contributed by atoms with Crippen molar-refractivity contribution in [1.29, 1.82) is 0 Å². The first-order valence-electron chi connectivity index (χ1n) is 15.8. The largest absolute Gasteiger partial charge is 0.0776 e. The summed E-state index contributed by atoms with van der Waals surface area (Å²) in [5, 5.41) is 11.0. The van der Waals surface area contributed by atoms with Crippen molar-refractivity contribution in [3.05, 3.63) is 133 Å². The number of fused-ring (bicyclic) bond motifs is 3. The summed E-state index contributed by atoms with van der Waals surface area (Å²) in [4.78, 5) is 0. The van der Waals surface area contributed by atoms with E-state index >= 15 is 0 Å². The standard InChI is InChI=1S/C42H40Si2/c1-43(2,3)33-24-26-38-39(27-33)41(32-21-19-30(20-22-32)29-13-8-7-9-14-29)37-25-23-34(44(4,5)6)28-40(37)42(38)36-18-12-16-31-15-10-11-17-35(31)36/h7-28H,1-6H3. The van der Waals surface area contributed by atoms with Crippen LogP contribution < -0.4 is 10.4 Å². The first-order valence-corrected chi connectivity index (χ1v) is 22.8. The van der Waals surface area contributed by atoms with Crippen molar-refractivity contribution in [1.82, 2.24) is 0 Å². The zero-order chi connectivity index (χ0) is 30.6. The Morgan fingerprint density at radius 1 is 0.341 bits per heavy atom. The van der Waals surface area contributed by atoms with Crippen LogP contribution in [0.1, 0.15) is 0 Å². The molecule has 0 bridgehead atoms. The van der Waals surface area contributed by atoms with Crippen LogP contribution in [0.25, 0.3) is 65.7 Å². The Kier molecular flexibility index (Phi) is 6.95. The highest BCUT2D eigenvalue weighted by atomic mass is 28.3. The van der Waals surface area contributed by atoms with Gasteiger partial charge in [-0.05, 0) is 65.7 Å². The molecule has 0 aromatic heterocycles. The van der Waals surface area contributed by atoms with E-state index in [1.807, 2.05) is 0 Å². The number of hydrogen-bond acceptors (Lipinski definition) is 0. The van der Waals surface area contributed by atoms with Crippen LogP contribution in [0.5, 0.6) is 0 Å². The van der Waals surface area contributed by atoms with Crippen LogP contribution in [0.4, 0.5) is 0 Å². The second-order valence-electron chi connectivity index (χ2n) is 14.2. The number of hydrogen-bond donors (Lipinski definition) is 0. The van der Waals surface area contributed by atoms with Gasteiger partial charge in [0, 0.05) is 0 Å². The van der Waals surface area contributed by atoms with Gasteiger partial charge in [-0.15, -0.1) is 0 Å². The summed E-state index contributed by atoms with van der Waals surface area (Å²) < 4.78 is 0. The molecule has 0 amide bonds. The molecular formula is C42H40Si2. The second kappa shape index (κ2) is 10.7. The highest BCUT2D eigenvalue weighted by Crippen LogP contribution is 2.45. The SMILES string of the molecule is C[Si](C)(C)c1ccc2c(-c3cccc4ccccc34)c3cc([Si](C)(C)C)ccc3c(-c3ccc(-c4ccccc4)cc3)c2c1. The molecular weight excluding hydrogens is 561 g/mol. The first-order chi connectivity index (χ1) is 21.1. The molecule has 0 fully saturated rings. The van der Waals surface area contributed by atoms with E-state index in [1.165, 1.54) is 76.1 Å². The van der Waals surface area contributed by atoms with Crippen LogP contribution in [0.15, 0.2) is 133 Å². The molecule has 0 aliphatic rings. The molecule has 0 aliphatic heterocycles. The van der Waals surface area contributed by atoms with Gasteiger partial charge < -0.3 is 0 Å². The fourth-order valence-corrected chi connectivity index (χ4v) is 8.99. The third-order valence-electron chi connectivity index (χ3n) is 9.19. The molecule has 7 rings (SSSR count). The van der Waals surface area contributed by atoms with E-state index in [0.29, 0.717) is 0 Å². The average molecular weight is 601 g/mol. The molecule has 216 valence electrons. The van der Waals surface area contributed by atoms with E-state index in [-0.39, 0.29) is 0 Å². The van der Waals surface area contributed by atoms with Crippen molar-refractivity contribution in [2.24, 2.45) is 0 Å². The highest BCUT2D eigenvalue weighted by molar-refractivity contribution is 6.89. The zero-order valence-electron chi connectivity index (χ0n) is 26.7. The van der Waals surface area contributed by atoms with Gasteiger partial charge in [-0.2, -0.15) is 0 Å². The number of benzene rings is 7. The van der Waals surface area contributed by atoms with E-state index < -0.39 is 16.1 Å². The molecule has 0 radical (unpaired) electrons. The summed E-state index contributed by atoms with van der Waals surface area (Å²) in [5.74, 6) is 0. The Labute approximate surface area is 264 Å². The second-order valence-corrected chi connectivity index (χ2v) is 24.4. The smallest absolute Gasteiger partial charge is 0.0656 e. The lowest BCUT2D eigenvalue weighted by Crippen LogP contribution is -2.37. The van der Waals surface area contributed by atoms with Gasteiger partial charge in [0.2, 0.25) is 0 Å². The Bertz CT molecular complexity index is 2160. The van der Waals surface area contributed by atoms with E-state index in [0.717, 1.165) is 0 Å². The van der Waals surface area contributed by atoms with Crippen molar-refractivity contribution in [2.75, 3.05) is 0 Å². The van der Waals surface area contributed by atoms with Crippen LogP contribution in [-0.2, 0) is 0 Å². The van der Waals surface area contributed by atoms with E-state index in [9.17, 15) is 0 Å². The summed E-state index contributed by atoms with van der Waals surface area (Å²) in [6.07, 6.45) is 0. The number of rotatable bonds is 5. The Morgan fingerprint density at radius 2 is 0.841 bits per heavy atom. The van der Waals surface area contributed by atoms with Gasteiger partial charge in [-0.25, -0.2) is 0 Å².